The van der Waals surface area contributed by atoms with E-state index in [0.717, 1.165) is 15.6 Å². The zero-order valence-electron chi connectivity index (χ0n) is 6.89. The predicted molar refractivity (Wildman–Crippen MR) is 49.9 cm³/mol. The van der Waals surface area contributed by atoms with Crippen LogP contribution in [-0.4, -0.2) is 0 Å². The molecule has 12 heavy (non-hydrogen) atoms. The summed E-state index contributed by atoms with van der Waals surface area (Å²) in [6.07, 6.45) is 1.64. The van der Waals surface area contributed by atoms with E-state index >= 15 is 0 Å². The second kappa shape index (κ2) is 3.59. The van der Waals surface area contributed by atoms with Gasteiger partial charge in [-0.15, -0.1) is 5.26 Å². The summed E-state index contributed by atoms with van der Waals surface area (Å²) in [5.74, 6) is 0.593. The average molecular weight is 226 g/mol. The molecule has 0 heterocycles. The molecular weight excluding hydrogens is 218 g/mol. The van der Waals surface area contributed by atoms with E-state index in [0.29, 0.717) is 5.75 Å². The van der Waals surface area contributed by atoms with E-state index in [9.17, 15) is 0 Å². The monoisotopic (exact) mass is 225 g/mol. The van der Waals surface area contributed by atoms with Crippen molar-refractivity contribution in [2.75, 3.05) is 0 Å². The van der Waals surface area contributed by atoms with Gasteiger partial charge < -0.3 is 4.74 Å². The Hall–Kier alpha value is -1.01. The highest BCUT2D eigenvalue weighted by Crippen LogP contribution is 2.25. The van der Waals surface area contributed by atoms with E-state index in [1.165, 1.54) is 0 Å². The normalized spacial score (nSPS) is 9.17. The average Bonchev–Trinajstić information content (AvgIpc) is 2.01. The number of rotatable bonds is 1. The van der Waals surface area contributed by atoms with Gasteiger partial charge in [0.05, 0.1) is 0 Å². The molecule has 0 unspecified atom stereocenters. The van der Waals surface area contributed by atoms with E-state index in [4.69, 9.17) is 10.00 Å². The molecule has 0 saturated heterocycles. The van der Waals surface area contributed by atoms with Crippen LogP contribution < -0.4 is 4.74 Å². The van der Waals surface area contributed by atoms with Crippen molar-refractivity contribution in [2.45, 2.75) is 13.8 Å². The predicted octanol–water partition coefficient (Wildman–Crippen LogP) is 2.93. The first kappa shape index (κ1) is 9.08. The van der Waals surface area contributed by atoms with Gasteiger partial charge in [-0.05, 0) is 37.1 Å². The molecule has 3 heteroatoms. The van der Waals surface area contributed by atoms with Crippen LogP contribution in [0.25, 0.3) is 0 Å². The first-order valence-corrected chi connectivity index (χ1v) is 4.27. The van der Waals surface area contributed by atoms with E-state index < -0.39 is 0 Å². The highest BCUT2D eigenvalue weighted by atomic mass is 79.9. The van der Waals surface area contributed by atoms with Gasteiger partial charge in [-0.25, -0.2) is 0 Å². The lowest BCUT2D eigenvalue weighted by Crippen LogP contribution is -1.86. The molecule has 1 aromatic carbocycles. The van der Waals surface area contributed by atoms with Crippen molar-refractivity contribution in [1.29, 1.82) is 5.26 Å². The molecular formula is C9H8BrNO. The molecule has 0 fully saturated rings. The number of ether oxygens (including phenoxy) is 1. The van der Waals surface area contributed by atoms with Crippen LogP contribution in [0.15, 0.2) is 16.6 Å². The SMILES string of the molecule is Cc1cc(OC#N)cc(C)c1Br. The van der Waals surface area contributed by atoms with Gasteiger partial charge >= 0.3 is 0 Å². The van der Waals surface area contributed by atoms with Gasteiger partial charge in [0.15, 0.2) is 0 Å². The Kier molecular flexibility index (Phi) is 2.72. The standard InChI is InChI=1S/C9H8BrNO/c1-6-3-8(12-5-11)4-7(2)9(6)10/h3-4H,1-2H3. The van der Waals surface area contributed by atoms with Crippen molar-refractivity contribution in [3.05, 3.63) is 27.7 Å². The fourth-order valence-corrected chi connectivity index (χ4v) is 1.25. The third kappa shape index (κ3) is 1.77. The van der Waals surface area contributed by atoms with E-state index in [1.807, 2.05) is 26.0 Å². The molecule has 0 radical (unpaired) electrons. The minimum atomic E-state index is 0.593. The number of halogens is 1. The fourth-order valence-electron chi connectivity index (χ4n) is 1.02. The molecule has 0 aromatic heterocycles. The number of nitrogens with zero attached hydrogens (tertiary/aromatic N) is 1. The van der Waals surface area contributed by atoms with Crippen LogP contribution in [0.5, 0.6) is 5.75 Å². The number of aryl methyl sites for hydroxylation is 2. The van der Waals surface area contributed by atoms with Gasteiger partial charge in [-0.2, -0.15) is 0 Å². The lowest BCUT2D eigenvalue weighted by molar-refractivity contribution is 0.506. The Morgan fingerprint density at radius 2 is 1.83 bits per heavy atom. The third-order valence-electron chi connectivity index (χ3n) is 1.57. The van der Waals surface area contributed by atoms with Gasteiger partial charge in [0, 0.05) is 4.47 Å². The topological polar surface area (TPSA) is 33.0 Å². The van der Waals surface area contributed by atoms with Gasteiger partial charge in [0.1, 0.15) is 5.75 Å². The molecule has 1 aromatic rings. The van der Waals surface area contributed by atoms with Crippen molar-refractivity contribution in [2.24, 2.45) is 0 Å². The number of hydrogen-bond donors (Lipinski definition) is 0. The Morgan fingerprint density at radius 1 is 1.33 bits per heavy atom. The summed E-state index contributed by atoms with van der Waals surface area (Å²) in [5, 5.41) is 8.29. The maximum Gasteiger partial charge on any atom is 0.292 e. The van der Waals surface area contributed by atoms with Crippen molar-refractivity contribution >= 4 is 15.9 Å². The molecule has 0 spiro atoms. The highest BCUT2D eigenvalue weighted by Gasteiger charge is 2.02. The van der Waals surface area contributed by atoms with E-state index in [-0.39, 0.29) is 0 Å². The summed E-state index contributed by atoms with van der Waals surface area (Å²) in [6.45, 7) is 3.92. The molecule has 0 aliphatic carbocycles. The zero-order chi connectivity index (χ0) is 9.14. The molecule has 0 saturated carbocycles. The number of hydrogen-bond acceptors (Lipinski definition) is 2. The first-order chi connectivity index (χ1) is 5.65. The van der Waals surface area contributed by atoms with Crippen LogP contribution in [0.2, 0.25) is 0 Å². The van der Waals surface area contributed by atoms with Crippen molar-refractivity contribution < 1.29 is 4.74 Å². The van der Waals surface area contributed by atoms with E-state index in [1.54, 1.807) is 6.26 Å². The van der Waals surface area contributed by atoms with Gasteiger partial charge in [-0.3, -0.25) is 0 Å². The number of benzene rings is 1. The van der Waals surface area contributed by atoms with Crippen LogP contribution >= 0.6 is 15.9 Å². The van der Waals surface area contributed by atoms with Crippen LogP contribution in [0.1, 0.15) is 11.1 Å². The number of nitriles is 1. The molecule has 0 bridgehead atoms. The first-order valence-electron chi connectivity index (χ1n) is 3.48. The summed E-state index contributed by atoms with van der Waals surface area (Å²) >= 11 is 3.43. The Bertz CT molecular complexity index is 318. The van der Waals surface area contributed by atoms with Crippen LogP contribution in [-0.2, 0) is 0 Å². The highest BCUT2D eigenvalue weighted by molar-refractivity contribution is 9.10. The summed E-state index contributed by atoms with van der Waals surface area (Å²) in [5.41, 5.74) is 2.14. The summed E-state index contributed by atoms with van der Waals surface area (Å²) < 4.78 is 5.77. The van der Waals surface area contributed by atoms with Gasteiger partial charge in [0.2, 0.25) is 0 Å². The maximum atomic E-state index is 8.29. The Labute approximate surface area is 79.9 Å². The summed E-state index contributed by atoms with van der Waals surface area (Å²) in [6, 6.07) is 3.64. The Balaban J connectivity index is 3.14. The fraction of sp³-hybridized carbons (Fsp3) is 0.222. The lowest BCUT2D eigenvalue weighted by Gasteiger charge is -2.04. The van der Waals surface area contributed by atoms with Gasteiger partial charge in [-0.1, -0.05) is 15.9 Å². The smallest absolute Gasteiger partial charge is 0.292 e. The third-order valence-corrected chi connectivity index (χ3v) is 2.82. The zero-order valence-corrected chi connectivity index (χ0v) is 8.47. The lowest BCUT2D eigenvalue weighted by atomic mass is 10.1. The molecule has 0 N–H and O–H groups in total. The van der Waals surface area contributed by atoms with Gasteiger partial charge in [0.25, 0.3) is 6.26 Å². The molecule has 2 nitrogen and oxygen atoms in total. The van der Waals surface area contributed by atoms with Crippen molar-refractivity contribution in [3.8, 4) is 12.0 Å². The molecule has 0 atom stereocenters. The largest absolute Gasteiger partial charge is 0.388 e. The second-order valence-electron chi connectivity index (χ2n) is 2.56. The van der Waals surface area contributed by atoms with Crippen LogP contribution in [0.3, 0.4) is 0 Å². The minimum Gasteiger partial charge on any atom is -0.388 e. The van der Waals surface area contributed by atoms with Crippen LogP contribution in [0.4, 0.5) is 0 Å². The minimum absolute atomic E-state index is 0.593. The van der Waals surface area contributed by atoms with Crippen LogP contribution in [0, 0.1) is 25.4 Å². The quantitative estimate of drug-likeness (QED) is 0.689. The maximum absolute atomic E-state index is 8.29. The molecule has 0 aliphatic rings. The van der Waals surface area contributed by atoms with E-state index in [2.05, 4.69) is 15.9 Å². The molecule has 0 aliphatic heterocycles. The molecule has 62 valence electrons. The summed E-state index contributed by atoms with van der Waals surface area (Å²) in [7, 11) is 0. The Morgan fingerprint density at radius 3 is 2.25 bits per heavy atom. The van der Waals surface area contributed by atoms with Crippen molar-refractivity contribution in [1.82, 2.24) is 0 Å². The van der Waals surface area contributed by atoms with Crippen molar-refractivity contribution in [3.63, 3.8) is 0 Å². The molecule has 1 rings (SSSR count). The summed E-state index contributed by atoms with van der Waals surface area (Å²) in [4.78, 5) is 0. The second-order valence-corrected chi connectivity index (χ2v) is 3.36. The molecule has 0 amide bonds.